The Morgan fingerprint density at radius 1 is 1.18 bits per heavy atom. The van der Waals surface area contributed by atoms with Crippen LogP contribution in [0.5, 0.6) is 0 Å². The lowest BCUT2D eigenvalue weighted by atomic mass is 9.81. The van der Waals surface area contributed by atoms with Crippen LogP contribution in [0, 0.1) is 0 Å². The summed E-state index contributed by atoms with van der Waals surface area (Å²) in [7, 11) is 0. The molecule has 120 valence electrons. The second-order valence-electron chi connectivity index (χ2n) is 6.61. The summed E-state index contributed by atoms with van der Waals surface area (Å²) in [6.07, 6.45) is 7.33. The first-order valence-electron chi connectivity index (χ1n) is 8.64. The van der Waals surface area contributed by atoms with Crippen LogP contribution in [0.3, 0.4) is 0 Å². The fourth-order valence-corrected chi connectivity index (χ4v) is 4.09. The number of anilines is 1. The Hall–Kier alpha value is -1.55. The minimum absolute atomic E-state index is 0.0711. The number of carbonyl (C=O) groups is 1. The molecule has 2 fully saturated rings. The molecule has 1 aromatic rings. The summed E-state index contributed by atoms with van der Waals surface area (Å²) < 4.78 is 0. The molecule has 2 heterocycles. The molecule has 2 bridgehead atoms. The van der Waals surface area contributed by atoms with E-state index in [-0.39, 0.29) is 6.03 Å². The number of hydrogen-bond donors (Lipinski definition) is 2. The Bertz CT molecular complexity index is 476. The normalized spacial score (nSPS) is 28.1. The lowest BCUT2D eigenvalue weighted by molar-refractivity contribution is 0.0272. The van der Waals surface area contributed by atoms with E-state index < -0.39 is 0 Å². The third-order valence-electron chi connectivity index (χ3n) is 4.97. The maximum atomic E-state index is 12.2. The molecule has 2 unspecified atom stereocenters. The summed E-state index contributed by atoms with van der Waals surface area (Å²) in [6, 6.07) is 11.2. The van der Waals surface area contributed by atoms with Crippen LogP contribution in [-0.2, 0) is 0 Å². The molecule has 0 aliphatic carbocycles. The highest BCUT2D eigenvalue weighted by molar-refractivity contribution is 5.89. The van der Waals surface area contributed by atoms with Gasteiger partial charge in [-0.3, -0.25) is 4.90 Å². The zero-order valence-corrected chi connectivity index (χ0v) is 13.4. The van der Waals surface area contributed by atoms with Gasteiger partial charge in [0.2, 0.25) is 0 Å². The fraction of sp³-hybridized carbons (Fsp3) is 0.611. The van der Waals surface area contributed by atoms with Gasteiger partial charge in [0.25, 0.3) is 0 Å². The zero-order valence-electron chi connectivity index (χ0n) is 13.4. The van der Waals surface area contributed by atoms with E-state index >= 15 is 0 Å². The number of benzene rings is 1. The van der Waals surface area contributed by atoms with Crippen LogP contribution >= 0.6 is 0 Å². The summed E-state index contributed by atoms with van der Waals surface area (Å²) in [5.74, 6) is 0. The molecular weight excluding hydrogens is 274 g/mol. The van der Waals surface area contributed by atoms with E-state index in [4.69, 9.17) is 0 Å². The average molecular weight is 301 g/mol. The van der Waals surface area contributed by atoms with Crippen LogP contribution in [-0.4, -0.2) is 35.6 Å². The minimum Gasteiger partial charge on any atom is -0.335 e. The first-order valence-corrected chi connectivity index (χ1v) is 8.64. The molecule has 0 saturated carbocycles. The van der Waals surface area contributed by atoms with E-state index in [1.54, 1.807) is 0 Å². The molecule has 4 nitrogen and oxygen atoms in total. The number of piperidine rings is 2. The monoisotopic (exact) mass is 301 g/mol. The number of hydrogen-bond acceptors (Lipinski definition) is 2. The summed E-state index contributed by atoms with van der Waals surface area (Å²) in [4.78, 5) is 14.9. The van der Waals surface area contributed by atoms with Crippen molar-refractivity contribution >= 4 is 11.7 Å². The molecule has 2 atom stereocenters. The second kappa shape index (κ2) is 7.14. The number of para-hydroxylation sites is 1. The van der Waals surface area contributed by atoms with Gasteiger partial charge in [-0.25, -0.2) is 4.79 Å². The number of fused-ring (bicyclic) bond motifs is 2. The van der Waals surface area contributed by atoms with Gasteiger partial charge in [-0.2, -0.15) is 0 Å². The highest BCUT2D eigenvalue weighted by Crippen LogP contribution is 2.34. The number of rotatable bonds is 4. The molecule has 1 aromatic carbocycles. The number of urea groups is 1. The van der Waals surface area contributed by atoms with Crippen molar-refractivity contribution < 1.29 is 4.79 Å². The standard InChI is InChI=1S/C18H27N3O/c1-2-11-21-16-9-6-10-17(21)13-15(12-16)20-18(22)19-14-7-4-3-5-8-14/h3-5,7-8,15-17H,2,6,9-13H2,1H3,(H2,19,20,22). The lowest BCUT2D eigenvalue weighted by Gasteiger charge is -2.49. The largest absolute Gasteiger partial charge is 0.335 e. The van der Waals surface area contributed by atoms with Crippen molar-refractivity contribution in [3.05, 3.63) is 30.3 Å². The van der Waals surface area contributed by atoms with Gasteiger partial charge < -0.3 is 10.6 Å². The number of amides is 2. The van der Waals surface area contributed by atoms with Crippen molar-refractivity contribution in [1.29, 1.82) is 0 Å². The van der Waals surface area contributed by atoms with Gasteiger partial charge in [0.1, 0.15) is 0 Å². The van der Waals surface area contributed by atoms with E-state index in [2.05, 4.69) is 22.5 Å². The molecule has 2 N–H and O–H groups in total. The molecule has 0 aromatic heterocycles. The molecule has 2 amide bonds. The topological polar surface area (TPSA) is 44.4 Å². The predicted molar refractivity (Wildman–Crippen MR) is 90.0 cm³/mol. The molecule has 22 heavy (non-hydrogen) atoms. The SMILES string of the molecule is CCCN1C2CCCC1CC(NC(=O)Nc1ccccc1)C2. The highest BCUT2D eigenvalue weighted by atomic mass is 16.2. The predicted octanol–water partition coefficient (Wildman–Crippen LogP) is 3.60. The van der Waals surface area contributed by atoms with Gasteiger partial charge in [0, 0.05) is 23.8 Å². The Morgan fingerprint density at radius 2 is 1.86 bits per heavy atom. The van der Waals surface area contributed by atoms with Crippen molar-refractivity contribution in [2.75, 3.05) is 11.9 Å². The Kier molecular flexibility index (Phi) is 4.98. The van der Waals surface area contributed by atoms with E-state index in [0.29, 0.717) is 18.1 Å². The quantitative estimate of drug-likeness (QED) is 0.892. The molecule has 4 heteroatoms. The Labute approximate surface area is 133 Å². The van der Waals surface area contributed by atoms with E-state index in [0.717, 1.165) is 18.5 Å². The number of nitrogens with one attached hydrogen (secondary N) is 2. The zero-order chi connectivity index (χ0) is 15.4. The maximum Gasteiger partial charge on any atom is 0.319 e. The van der Waals surface area contributed by atoms with Crippen molar-refractivity contribution in [2.24, 2.45) is 0 Å². The lowest BCUT2D eigenvalue weighted by Crippen LogP contribution is -2.57. The van der Waals surface area contributed by atoms with Crippen molar-refractivity contribution in [1.82, 2.24) is 10.2 Å². The van der Waals surface area contributed by atoms with Crippen LogP contribution in [0.4, 0.5) is 10.5 Å². The fourth-order valence-electron chi connectivity index (χ4n) is 4.09. The van der Waals surface area contributed by atoms with Crippen LogP contribution < -0.4 is 10.6 Å². The molecule has 2 aliphatic rings. The second-order valence-corrected chi connectivity index (χ2v) is 6.61. The third-order valence-corrected chi connectivity index (χ3v) is 4.97. The summed E-state index contributed by atoms with van der Waals surface area (Å²) in [5, 5.41) is 6.11. The van der Waals surface area contributed by atoms with Gasteiger partial charge in [-0.05, 0) is 50.8 Å². The Balaban J connectivity index is 1.55. The van der Waals surface area contributed by atoms with Crippen LogP contribution in [0.25, 0.3) is 0 Å². The smallest absolute Gasteiger partial charge is 0.319 e. The third kappa shape index (κ3) is 3.61. The van der Waals surface area contributed by atoms with Crippen LogP contribution in [0.2, 0.25) is 0 Å². The Morgan fingerprint density at radius 3 is 2.50 bits per heavy atom. The first-order chi connectivity index (χ1) is 10.8. The van der Waals surface area contributed by atoms with Crippen molar-refractivity contribution in [3.63, 3.8) is 0 Å². The molecule has 0 radical (unpaired) electrons. The molecule has 2 aliphatic heterocycles. The van der Waals surface area contributed by atoms with E-state index in [9.17, 15) is 4.79 Å². The van der Waals surface area contributed by atoms with Gasteiger partial charge in [-0.1, -0.05) is 31.5 Å². The number of nitrogens with zero attached hydrogens (tertiary/aromatic N) is 1. The van der Waals surface area contributed by atoms with Gasteiger partial charge >= 0.3 is 6.03 Å². The van der Waals surface area contributed by atoms with Crippen molar-refractivity contribution in [3.8, 4) is 0 Å². The van der Waals surface area contributed by atoms with Gasteiger partial charge in [-0.15, -0.1) is 0 Å². The molecule has 0 spiro atoms. The van der Waals surface area contributed by atoms with Gasteiger partial charge in [0.15, 0.2) is 0 Å². The summed E-state index contributed by atoms with van der Waals surface area (Å²) in [6.45, 7) is 3.46. The molecular formula is C18H27N3O. The van der Waals surface area contributed by atoms with Crippen LogP contribution in [0.15, 0.2) is 30.3 Å². The summed E-state index contributed by atoms with van der Waals surface area (Å²) in [5.41, 5.74) is 0.851. The highest BCUT2D eigenvalue weighted by Gasteiger charge is 2.37. The molecule has 3 rings (SSSR count). The maximum absolute atomic E-state index is 12.2. The van der Waals surface area contributed by atoms with E-state index in [1.807, 2.05) is 30.3 Å². The first kappa shape index (κ1) is 15.3. The molecule has 2 saturated heterocycles. The van der Waals surface area contributed by atoms with Gasteiger partial charge in [0.05, 0.1) is 0 Å². The van der Waals surface area contributed by atoms with Crippen LogP contribution in [0.1, 0.15) is 45.4 Å². The summed E-state index contributed by atoms with van der Waals surface area (Å²) >= 11 is 0. The van der Waals surface area contributed by atoms with Crippen molar-refractivity contribution in [2.45, 2.75) is 63.6 Å². The minimum atomic E-state index is -0.0711. The van der Waals surface area contributed by atoms with E-state index in [1.165, 1.54) is 32.2 Å². The average Bonchev–Trinajstić information content (AvgIpc) is 2.49. The number of carbonyl (C=O) groups excluding carboxylic acids is 1.